The lowest BCUT2D eigenvalue weighted by Gasteiger charge is -2.12. The van der Waals surface area contributed by atoms with E-state index in [0.717, 1.165) is 30.8 Å². The molecule has 1 rings (SSSR count). The third-order valence-electron chi connectivity index (χ3n) is 3.14. The predicted molar refractivity (Wildman–Crippen MR) is 75.9 cm³/mol. The van der Waals surface area contributed by atoms with Gasteiger partial charge in [-0.15, -0.1) is 0 Å². The number of rotatable bonds is 7. The van der Waals surface area contributed by atoms with E-state index < -0.39 is 21.6 Å². The molecule has 1 aromatic carbocycles. The standard InChI is InChI=1S/C14H20F3NO2S/c1-3-18-11(2)5-4-10-21(19,20)13-8-6-12(7-9-13)14(15,16)17/h6-9,11,18H,3-5,10H2,1-2H3. The molecule has 0 aliphatic rings. The molecule has 0 fully saturated rings. The zero-order valence-electron chi connectivity index (χ0n) is 12.1. The summed E-state index contributed by atoms with van der Waals surface area (Å²) < 4.78 is 61.3. The van der Waals surface area contributed by atoms with Crippen LogP contribution in [0.2, 0.25) is 0 Å². The van der Waals surface area contributed by atoms with Crippen LogP contribution in [0.5, 0.6) is 0 Å². The number of hydrogen-bond donors (Lipinski definition) is 1. The Morgan fingerprint density at radius 1 is 1.19 bits per heavy atom. The van der Waals surface area contributed by atoms with Crippen LogP contribution in [0.25, 0.3) is 0 Å². The molecule has 0 bridgehead atoms. The molecular formula is C14H20F3NO2S. The van der Waals surface area contributed by atoms with Gasteiger partial charge in [0.1, 0.15) is 0 Å². The highest BCUT2D eigenvalue weighted by molar-refractivity contribution is 7.91. The minimum Gasteiger partial charge on any atom is -0.315 e. The van der Waals surface area contributed by atoms with Gasteiger partial charge in [0.25, 0.3) is 0 Å². The Kier molecular flexibility index (Phi) is 6.22. The molecule has 0 saturated carbocycles. The second-order valence-electron chi connectivity index (χ2n) is 4.94. The molecule has 1 aromatic rings. The highest BCUT2D eigenvalue weighted by Crippen LogP contribution is 2.29. The molecule has 0 amide bonds. The number of benzene rings is 1. The molecule has 1 unspecified atom stereocenters. The molecule has 120 valence electrons. The van der Waals surface area contributed by atoms with Crippen molar-refractivity contribution in [3.05, 3.63) is 29.8 Å². The summed E-state index contributed by atoms with van der Waals surface area (Å²) in [6.45, 7) is 4.75. The monoisotopic (exact) mass is 323 g/mol. The van der Waals surface area contributed by atoms with Gasteiger partial charge in [-0.3, -0.25) is 0 Å². The normalized spacial score (nSPS) is 14.1. The van der Waals surface area contributed by atoms with Gasteiger partial charge in [-0.25, -0.2) is 8.42 Å². The van der Waals surface area contributed by atoms with Crippen LogP contribution in [0, 0.1) is 0 Å². The van der Waals surface area contributed by atoms with E-state index in [9.17, 15) is 21.6 Å². The van der Waals surface area contributed by atoms with E-state index in [0.29, 0.717) is 12.8 Å². The molecule has 1 N–H and O–H groups in total. The zero-order chi connectivity index (χ0) is 16.1. The van der Waals surface area contributed by atoms with Crippen LogP contribution in [0.3, 0.4) is 0 Å². The lowest BCUT2D eigenvalue weighted by atomic mass is 10.2. The Hall–Kier alpha value is -1.08. The Balaban J connectivity index is 2.66. The second-order valence-corrected chi connectivity index (χ2v) is 7.05. The van der Waals surface area contributed by atoms with Crippen molar-refractivity contribution >= 4 is 9.84 Å². The smallest absolute Gasteiger partial charge is 0.315 e. The fraction of sp³-hybridized carbons (Fsp3) is 0.571. The van der Waals surface area contributed by atoms with Crippen LogP contribution >= 0.6 is 0 Å². The topological polar surface area (TPSA) is 46.2 Å². The quantitative estimate of drug-likeness (QED) is 0.838. The van der Waals surface area contributed by atoms with Crippen LogP contribution < -0.4 is 5.32 Å². The van der Waals surface area contributed by atoms with Gasteiger partial charge in [-0.05, 0) is 50.6 Å². The highest BCUT2D eigenvalue weighted by atomic mass is 32.2. The third-order valence-corrected chi connectivity index (χ3v) is 4.96. The van der Waals surface area contributed by atoms with Gasteiger partial charge in [0, 0.05) is 6.04 Å². The first-order chi connectivity index (χ1) is 9.66. The highest BCUT2D eigenvalue weighted by Gasteiger charge is 2.30. The van der Waals surface area contributed by atoms with Crippen molar-refractivity contribution in [1.29, 1.82) is 0 Å². The molecule has 0 radical (unpaired) electrons. The minimum atomic E-state index is -4.45. The van der Waals surface area contributed by atoms with Gasteiger partial charge in [0.05, 0.1) is 16.2 Å². The molecule has 0 spiro atoms. The van der Waals surface area contributed by atoms with Gasteiger partial charge < -0.3 is 5.32 Å². The summed E-state index contributed by atoms with van der Waals surface area (Å²) in [6.07, 6.45) is -3.28. The van der Waals surface area contributed by atoms with E-state index in [1.165, 1.54) is 0 Å². The average Bonchev–Trinajstić information content (AvgIpc) is 2.38. The van der Waals surface area contributed by atoms with Gasteiger partial charge in [0.15, 0.2) is 9.84 Å². The van der Waals surface area contributed by atoms with E-state index in [1.54, 1.807) is 0 Å². The first kappa shape index (κ1) is 18.0. The molecule has 7 heteroatoms. The molecule has 0 heterocycles. The zero-order valence-corrected chi connectivity index (χ0v) is 12.9. The largest absolute Gasteiger partial charge is 0.416 e. The molecule has 3 nitrogen and oxygen atoms in total. The summed E-state index contributed by atoms with van der Waals surface area (Å²) in [5.41, 5.74) is -0.845. The lowest BCUT2D eigenvalue weighted by Crippen LogP contribution is -2.26. The van der Waals surface area contributed by atoms with E-state index in [2.05, 4.69) is 5.32 Å². The Morgan fingerprint density at radius 2 is 1.76 bits per heavy atom. The molecule has 21 heavy (non-hydrogen) atoms. The maximum absolute atomic E-state index is 12.4. The Morgan fingerprint density at radius 3 is 2.24 bits per heavy atom. The van der Waals surface area contributed by atoms with Gasteiger partial charge >= 0.3 is 6.18 Å². The first-order valence-corrected chi connectivity index (χ1v) is 8.45. The number of hydrogen-bond acceptors (Lipinski definition) is 3. The third kappa shape index (κ3) is 5.67. The molecule has 0 saturated heterocycles. The van der Waals surface area contributed by atoms with E-state index >= 15 is 0 Å². The van der Waals surface area contributed by atoms with Crippen LogP contribution in [-0.2, 0) is 16.0 Å². The number of sulfone groups is 1. The van der Waals surface area contributed by atoms with Crippen LogP contribution in [0.4, 0.5) is 13.2 Å². The summed E-state index contributed by atoms with van der Waals surface area (Å²) >= 11 is 0. The molecule has 1 atom stereocenters. The summed E-state index contributed by atoms with van der Waals surface area (Å²) in [4.78, 5) is -0.0633. The van der Waals surface area contributed by atoms with Crippen LogP contribution in [0.15, 0.2) is 29.2 Å². The lowest BCUT2D eigenvalue weighted by molar-refractivity contribution is -0.137. The minimum absolute atomic E-state index is 0.0614. The first-order valence-electron chi connectivity index (χ1n) is 6.80. The number of halogens is 3. The summed E-state index contributed by atoms with van der Waals surface area (Å²) in [5, 5.41) is 3.18. The van der Waals surface area contributed by atoms with E-state index in [-0.39, 0.29) is 16.7 Å². The van der Waals surface area contributed by atoms with Crippen molar-refractivity contribution in [2.45, 2.75) is 43.8 Å². The molecule has 0 aliphatic heterocycles. The molecule has 0 aliphatic carbocycles. The number of nitrogens with one attached hydrogen (secondary N) is 1. The summed E-state index contributed by atoms with van der Waals surface area (Å²) in [6, 6.07) is 3.86. The predicted octanol–water partition coefficient (Wildman–Crippen LogP) is 3.26. The van der Waals surface area contributed by atoms with Crippen molar-refractivity contribution in [2.24, 2.45) is 0 Å². The SMILES string of the molecule is CCNC(C)CCCS(=O)(=O)c1ccc(C(F)(F)F)cc1. The Bertz CT molecular complexity index is 538. The van der Waals surface area contributed by atoms with Crippen LogP contribution in [-0.4, -0.2) is 26.8 Å². The van der Waals surface area contributed by atoms with Gasteiger partial charge in [0.2, 0.25) is 0 Å². The fourth-order valence-electron chi connectivity index (χ4n) is 2.00. The van der Waals surface area contributed by atoms with Crippen molar-refractivity contribution < 1.29 is 21.6 Å². The maximum Gasteiger partial charge on any atom is 0.416 e. The van der Waals surface area contributed by atoms with Crippen molar-refractivity contribution in [3.8, 4) is 0 Å². The van der Waals surface area contributed by atoms with Crippen molar-refractivity contribution in [2.75, 3.05) is 12.3 Å². The van der Waals surface area contributed by atoms with Crippen LogP contribution in [0.1, 0.15) is 32.3 Å². The van der Waals surface area contributed by atoms with E-state index in [4.69, 9.17) is 0 Å². The second kappa shape index (κ2) is 7.26. The summed E-state index contributed by atoms with van der Waals surface area (Å²) in [7, 11) is -3.53. The average molecular weight is 323 g/mol. The van der Waals surface area contributed by atoms with Crippen molar-refractivity contribution in [1.82, 2.24) is 5.32 Å². The van der Waals surface area contributed by atoms with Gasteiger partial charge in [-0.2, -0.15) is 13.2 Å². The maximum atomic E-state index is 12.4. The van der Waals surface area contributed by atoms with E-state index in [1.807, 2.05) is 13.8 Å². The molecule has 0 aromatic heterocycles. The van der Waals surface area contributed by atoms with Crippen molar-refractivity contribution in [3.63, 3.8) is 0 Å². The molecular weight excluding hydrogens is 303 g/mol. The summed E-state index contributed by atoms with van der Waals surface area (Å²) in [5.74, 6) is -0.0614. The number of alkyl halides is 3. The Labute approximate surface area is 123 Å². The fourth-order valence-corrected chi connectivity index (χ4v) is 3.33. The van der Waals surface area contributed by atoms with Gasteiger partial charge in [-0.1, -0.05) is 6.92 Å².